The van der Waals surface area contributed by atoms with E-state index in [0.29, 0.717) is 12.3 Å². The van der Waals surface area contributed by atoms with Crippen molar-refractivity contribution in [2.24, 2.45) is 7.05 Å². The molecular weight excluding hydrogens is 280 g/mol. The molecule has 0 aliphatic carbocycles. The van der Waals surface area contributed by atoms with Crippen LogP contribution in [0.1, 0.15) is 17.1 Å². The van der Waals surface area contributed by atoms with Crippen molar-refractivity contribution in [1.29, 1.82) is 0 Å². The largest absolute Gasteiger partial charge is 0.360 e. The molecule has 20 heavy (non-hydrogen) atoms. The molecule has 0 spiro atoms. The maximum Gasteiger partial charge on any atom is 0.242 e. The summed E-state index contributed by atoms with van der Waals surface area (Å²) in [5, 5.41) is 6.70. The number of nitrogens with one attached hydrogen (secondary N) is 2. The molecule has 0 saturated carbocycles. The van der Waals surface area contributed by atoms with Crippen LogP contribution >= 0.6 is 0 Å². The van der Waals surface area contributed by atoms with E-state index >= 15 is 0 Å². The molecule has 2 aromatic heterocycles. The Morgan fingerprint density at radius 2 is 2.10 bits per heavy atom. The van der Waals surface area contributed by atoms with Crippen LogP contribution in [-0.2, 0) is 30.2 Å². The second-order valence-corrected chi connectivity index (χ2v) is 6.33. The summed E-state index contributed by atoms with van der Waals surface area (Å²) in [6, 6.07) is 3.34. The van der Waals surface area contributed by atoms with E-state index in [-0.39, 0.29) is 11.4 Å². The van der Waals surface area contributed by atoms with Crippen LogP contribution in [0.15, 0.2) is 27.7 Å². The number of aromatic nitrogens is 2. The van der Waals surface area contributed by atoms with Crippen LogP contribution in [0.25, 0.3) is 0 Å². The van der Waals surface area contributed by atoms with Crippen LogP contribution < -0.4 is 10.0 Å². The summed E-state index contributed by atoms with van der Waals surface area (Å²) in [7, 11) is 0.0666. The molecule has 2 heterocycles. The Bertz CT molecular complexity index is 687. The minimum atomic E-state index is -3.56. The number of nitrogens with zero attached hydrogens (tertiary/aromatic N) is 2. The molecule has 0 atom stereocenters. The van der Waals surface area contributed by atoms with Crippen LogP contribution in [0.4, 0.5) is 0 Å². The van der Waals surface area contributed by atoms with Gasteiger partial charge in [-0.25, -0.2) is 13.1 Å². The monoisotopic (exact) mass is 298 g/mol. The Labute approximate surface area is 118 Å². The third kappa shape index (κ3) is 3.27. The van der Waals surface area contributed by atoms with Gasteiger partial charge in [0.1, 0.15) is 0 Å². The van der Waals surface area contributed by atoms with Crippen molar-refractivity contribution in [3.63, 3.8) is 0 Å². The van der Waals surface area contributed by atoms with Gasteiger partial charge in [-0.1, -0.05) is 5.16 Å². The second kappa shape index (κ2) is 5.78. The Kier molecular flexibility index (Phi) is 4.26. The molecule has 0 aliphatic heterocycles. The number of sulfonamides is 1. The fourth-order valence-electron chi connectivity index (χ4n) is 1.83. The van der Waals surface area contributed by atoms with Gasteiger partial charge in [0, 0.05) is 31.5 Å². The smallest absolute Gasteiger partial charge is 0.242 e. The average molecular weight is 298 g/mol. The molecule has 0 unspecified atom stereocenters. The molecular formula is C12H18N4O3S. The molecule has 2 rings (SSSR count). The summed E-state index contributed by atoms with van der Waals surface area (Å²) in [6.07, 6.45) is 1.58. The van der Waals surface area contributed by atoms with Gasteiger partial charge in [0.25, 0.3) is 0 Å². The van der Waals surface area contributed by atoms with Crippen molar-refractivity contribution < 1.29 is 12.9 Å². The number of hydrogen-bond donors (Lipinski definition) is 2. The van der Waals surface area contributed by atoms with Crippen molar-refractivity contribution in [3.8, 4) is 0 Å². The van der Waals surface area contributed by atoms with Crippen molar-refractivity contribution >= 4 is 10.0 Å². The molecule has 0 aliphatic rings. The lowest BCUT2D eigenvalue weighted by Gasteiger charge is -2.01. The molecule has 0 amide bonds. The molecule has 110 valence electrons. The SMILES string of the molecule is CNCc1cc(S(=O)(=O)NCc2cc(C)no2)cn1C. The highest BCUT2D eigenvalue weighted by molar-refractivity contribution is 7.89. The minimum absolute atomic E-state index is 0.0828. The van der Waals surface area contributed by atoms with Crippen LogP contribution in [-0.4, -0.2) is 25.2 Å². The molecule has 7 nitrogen and oxygen atoms in total. The predicted octanol–water partition coefficient (Wildman–Crippen LogP) is 0.519. The third-order valence-corrected chi connectivity index (χ3v) is 4.23. The van der Waals surface area contributed by atoms with Crippen molar-refractivity contribution in [2.75, 3.05) is 7.05 Å². The van der Waals surface area contributed by atoms with Crippen LogP contribution in [0, 0.1) is 6.92 Å². The first-order valence-corrected chi connectivity index (χ1v) is 7.62. The Hall–Kier alpha value is -1.64. The lowest BCUT2D eigenvalue weighted by Crippen LogP contribution is -2.22. The van der Waals surface area contributed by atoms with Gasteiger partial charge >= 0.3 is 0 Å². The van der Waals surface area contributed by atoms with E-state index < -0.39 is 10.0 Å². The van der Waals surface area contributed by atoms with Crippen molar-refractivity contribution in [2.45, 2.75) is 24.9 Å². The van der Waals surface area contributed by atoms with E-state index in [2.05, 4.69) is 15.2 Å². The minimum Gasteiger partial charge on any atom is -0.360 e. The van der Waals surface area contributed by atoms with E-state index in [9.17, 15) is 8.42 Å². The first-order valence-electron chi connectivity index (χ1n) is 6.14. The normalized spacial score (nSPS) is 11.9. The molecule has 2 N–H and O–H groups in total. The van der Waals surface area contributed by atoms with E-state index in [4.69, 9.17) is 4.52 Å². The maximum absolute atomic E-state index is 12.2. The van der Waals surface area contributed by atoms with E-state index in [0.717, 1.165) is 11.4 Å². The van der Waals surface area contributed by atoms with Crippen LogP contribution in [0.2, 0.25) is 0 Å². The van der Waals surface area contributed by atoms with Gasteiger partial charge in [0.15, 0.2) is 5.76 Å². The van der Waals surface area contributed by atoms with Crippen LogP contribution in [0.3, 0.4) is 0 Å². The number of rotatable bonds is 6. The molecule has 0 aromatic carbocycles. The predicted molar refractivity (Wildman–Crippen MR) is 73.4 cm³/mol. The topological polar surface area (TPSA) is 89.2 Å². The van der Waals surface area contributed by atoms with E-state index in [1.165, 1.54) is 0 Å². The lowest BCUT2D eigenvalue weighted by atomic mass is 10.4. The zero-order valence-corrected chi connectivity index (χ0v) is 12.5. The average Bonchev–Trinajstić information content (AvgIpc) is 2.95. The summed E-state index contributed by atoms with van der Waals surface area (Å²) < 4.78 is 33.6. The van der Waals surface area contributed by atoms with Gasteiger partial charge < -0.3 is 14.4 Å². The second-order valence-electron chi connectivity index (χ2n) is 4.57. The Balaban J connectivity index is 2.11. The van der Waals surface area contributed by atoms with Crippen molar-refractivity contribution in [1.82, 2.24) is 19.8 Å². The lowest BCUT2D eigenvalue weighted by molar-refractivity contribution is 0.377. The highest BCUT2D eigenvalue weighted by atomic mass is 32.2. The summed E-state index contributed by atoms with van der Waals surface area (Å²) in [5.41, 5.74) is 1.61. The van der Waals surface area contributed by atoms with Gasteiger partial charge in [-0.3, -0.25) is 0 Å². The van der Waals surface area contributed by atoms with Crippen molar-refractivity contribution in [3.05, 3.63) is 35.5 Å². The molecule has 0 saturated heterocycles. The van der Waals surface area contributed by atoms with Gasteiger partial charge in [-0.2, -0.15) is 0 Å². The third-order valence-electron chi connectivity index (χ3n) is 2.86. The number of hydrogen-bond acceptors (Lipinski definition) is 5. The summed E-state index contributed by atoms with van der Waals surface area (Å²) >= 11 is 0. The number of aryl methyl sites for hydroxylation is 2. The fourth-order valence-corrected chi connectivity index (χ4v) is 2.92. The highest BCUT2D eigenvalue weighted by Crippen LogP contribution is 2.14. The maximum atomic E-state index is 12.2. The summed E-state index contributed by atoms with van der Waals surface area (Å²) in [5.74, 6) is 0.484. The standard InChI is InChI=1S/C12H18N4O3S/c1-9-4-11(19-15-9)7-14-20(17,18)12-5-10(6-13-2)16(3)8-12/h4-5,8,13-14H,6-7H2,1-3H3. The van der Waals surface area contributed by atoms with Crippen LogP contribution in [0.5, 0.6) is 0 Å². The van der Waals surface area contributed by atoms with E-state index in [1.807, 2.05) is 14.1 Å². The summed E-state index contributed by atoms with van der Waals surface area (Å²) in [6.45, 7) is 2.47. The molecule has 0 radical (unpaired) electrons. The fraction of sp³-hybridized carbons (Fsp3) is 0.417. The first kappa shape index (κ1) is 14.8. The summed E-state index contributed by atoms with van der Waals surface area (Å²) in [4.78, 5) is 0.237. The highest BCUT2D eigenvalue weighted by Gasteiger charge is 2.18. The quantitative estimate of drug-likeness (QED) is 0.811. The zero-order chi connectivity index (χ0) is 14.8. The van der Waals surface area contributed by atoms with Gasteiger partial charge in [0.05, 0.1) is 17.1 Å². The Morgan fingerprint density at radius 3 is 2.70 bits per heavy atom. The van der Waals surface area contributed by atoms with Gasteiger partial charge in [-0.05, 0) is 20.0 Å². The zero-order valence-electron chi connectivity index (χ0n) is 11.7. The van der Waals surface area contributed by atoms with Gasteiger partial charge in [0.2, 0.25) is 10.0 Å². The Morgan fingerprint density at radius 1 is 1.35 bits per heavy atom. The molecule has 0 fully saturated rings. The van der Waals surface area contributed by atoms with Gasteiger partial charge in [-0.15, -0.1) is 0 Å². The van der Waals surface area contributed by atoms with E-state index in [1.54, 1.807) is 29.8 Å². The molecule has 2 aromatic rings. The molecule has 8 heteroatoms. The molecule has 0 bridgehead atoms. The first-order chi connectivity index (χ1) is 9.42.